The third-order valence-electron chi connectivity index (χ3n) is 5.26. The van der Waals surface area contributed by atoms with Crippen molar-refractivity contribution >= 4 is 10.8 Å². The number of benzene rings is 2. The molecule has 0 spiro atoms. The van der Waals surface area contributed by atoms with E-state index in [4.69, 9.17) is 0 Å². The van der Waals surface area contributed by atoms with Crippen LogP contribution in [0.4, 0.5) is 0 Å². The molecule has 2 aromatic rings. The summed E-state index contributed by atoms with van der Waals surface area (Å²) in [5.74, 6) is 1.95. The van der Waals surface area contributed by atoms with E-state index in [1.165, 1.54) is 55.7 Å². The molecule has 0 radical (unpaired) electrons. The van der Waals surface area contributed by atoms with E-state index in [0.29, 0.717) is 0 Å². The van der Waals surface area contributed by atoms with Gasteiger partial charge in [-0.2, -0.15) is 0 Å². The van der Waals surface area contributed by atoms with Crippen LogP contribution in [0.25, 0.3) is 10.8 Å². The van der Waals surface area contributed by atoms with E-state index in [9.17, 15) is 0 Å². The van der Waals surface area contributed by atoms with Crippen molar-refractivity contribution < 1.29 is 0 Å². The third-order valence-corrected chi connectivity index (χ3v) is 5.26. The summed E-state index contributed by atoms with van der Waals surface area (Å²) in [5.41, 5.74) is 1.54. The lowest BCUT2D eigenvalue weighted by atomic mass is 9.75. The molecule has 0 heterocycles. The predicted molar refractivity (Wildman–Crippen MR) is 88.0 cm³/mol. The number of aryl methyl sites for hydroxylation is 1. The minimum absolute atomic E-state index is 0.965. The fourth-order valence-corrected chi connectivity index (χ4v) is 4.05. The first-order valence-electron chi connectivity index (χ1n) is 8.35. The maximum atomic E-state index is 2.38. The van der Waals surface area contributed by atoms with Gasteiger partial charge in [0.1, 0.15) is 0 Å². The molecule has 0 aliphatic heterocycles. The lowest BCUT2D eigenvalue weighted by molar-refractivity contribution is 0.218. The molecule has 0 nitrogen and oxygen atoms in total. The van der Waals surface area contributed by atoms with E-state index in [2.05, 4.69) is 49.4 Å². The lowest BCUT2D eigenvalue weighted by Crippen LogP contribution is -2.19. The molecule has 0 saturated heterocycles. The Hall–Kier alpha value is -1.30. The molecule has 0 aromatic heterocycles. The van der Waals surface area contributed by atoms with Crippen LogP contribution in [0.5, 0.6) is 0 Å². The Labute approximate surface area is 123 Å². The van der Waals surface area contributed by atoms with Crippen LogP contribution in [-0.2, 0) is 6.42 Å². The molecule has 0 N–H and O–H groups in total. The van der Waals surface area contributed by atoms with Gasteiger partial charge in [0.15, 0.2) is 0 Å². The van der Waals surface area contributed by atoms with Crippen LogP contribution in [-0.4, -0.2) is 0 Å². The van der Waals surface area contributed by atoms with Crippen molar-refractivity contribution in [1.29, 1.82) is 0 Å². The number of hydrogen-bond acceptors (Lipinski definition) is 0. The third kappa shape index (κ3) is 2.90. The maximum Gasteiger partial charge on any atom is -0.0152 e. The Kier molecular flexibility index (Phi) is 4.40. The van der Waals surface area contributed by atoms with Crippen LogP contribution in [0.3, 0.4) is 0 Å². The van der Waals surface area contributed by atoms with Crippen LogP contribution in [0.15, 0.2) is 42.5 Å². The van der Waals surface area contributed by atoms with Crippen LogP contribution in [0.1, 0.15) is 51.0 Å². The zero-order chi connectivity index (χ0) is 13.8. The highest BCUT2D eigenvalue weighted by atomic mass is 14.3. The molecule has 2 aromatic carbocycles. The molecule has 0 heteroatoms. The second kappa shape index (κ2) is 6.43. The van der Waals surface area contributed by atoms with Crippen LogP contribution >= 0.6 is 0 Å². The standard InChI is InChI=1S/C20H26/c1-2-16-8-3-4-9-17(16)14-15-19-12-7-11-18-10-5-6-13-20(18)19/h5-7,10-13,16-17H,2-4,8-9,14-15H2,1H3. The first-order valence-corrected chi connectivity index (χ1v) is 8.35. The Morgan fingerprint density at radius 2 is 1.65 bits per heavy atom. The van der Waals surface area contributed by atoms with E-state index in [0.717, 1.165) is 11.8 Å². The summed E-state index contributed by atoms with van der Waals surface area (Å²) in [6.45, 7) is 2.38. The number of hydrogen-bond donors (Lipinski definition) is 0. The number of rotatable bonds is 4. The molecule has 1 saturated carbocycles. The summed E-state index contributed by atoms with van der Waals surface area (Å²) in [7, 11) is 0. The summed E-state index contributed by atoms with van der Waals surface area (Å²) >= 11 is 0. The van der Waals surface area contributed by atoms with Gasteiger partial charge in [0.2, 0.25) is 0 Å². The molecule has 106 valence electrons. The smallest absolute Gasteiger partial charge is 0.0152 e. The first-order chi connectivity index (χ1) is 9.88. The van der Waals surface area contributed by atoms with E-state index in [1.807, 2.05) is 0 Å². The van der Waals surface area contributed by atoms with Crippen LogP contribution < -0.4 is 0 Å². The van der Waals surface area contributed by atoms with Gasteiger partial charge in [-0.25, -0.2) is 0 Å². The monoisotopic (exact) mass is 266 g/mol. The topological polar surface area (TPSA) is 0 Å². The highest BCUT2D eigenvalue weighted by molar-refractivity contribution is 5.85. The zero-order valence-electron chi connectivity index (χ0n) is 12.6. The molecule has 1 fully saturated rings. The van der Waals surface area contributed by atoms with E-state index < -0.39 is 0 Å². The summed E-state index contributed by atoms with van der Waals surface area (Å²) in [6, 6.07) is 15.6. The SMILES string of the molecule is CCC1CCCCC1CCc1cccc2ccccc12. The average molecular weight is 266 g/mol. The molecule has 2 unspecified atom stereocenters. The van der Waals surface area contributed by atoms with Crippen molar-refractivity contribution in [2.75, 3.05) is 0 Å². The van der Waals surface area contributed by atoms with Crippen molar-refractivity contribution in [3.63, 3.8) is 0 Å². The van der Waals surface area contributed by atoms with Gasteiger partial charge in [0.05, 0.1) is 0 Å². The highest BCUT2D eigenvalue weighted by Crippen LogP contribution is 2.35. The molecule has 0 amide bonds. The van der Waals surface area contributed by atoms with Gasteiger partial charge in [0, 0.05) is 0 Å². The second-order valence-electron chi connectivity index (χ2n) is 6.39. The van der Waals surface area contributed by atoms with Gasteiger partial charge in [-0.1, -0.05) is 81.5 Å². The second-order valence-corrected chi connectivity index (χ2v) is 6.39. The van der Waals surface area contributed by atoms with Crippen molar-refractivity contribution in [2.24, 2.45) is 11.8 Å². The first kappa shape index (κ1) is 13.7. The molecule has 3 rings (SSSR count). The largest absolute Gasteiger partial charge is 0.0651 e. The quantitative estimate of drug-likeness (QED) is 0.637. The summed E-state index contributed by atoms with van der Waals surface area (Å²) in [4.78, 5) is 0. The lowest BCUT2D eigenvalue weighted by Gasteiger charge is -2.31. The molecular formula is C20H26. The van der Waals surface area contributed by atoms with Gasteiger partial charge in [-0.15, -0.1) is 0 Å². The summed E-state index contributed by atoms with van der Waals surface area (Å²) in [6.07, 6.45) is 9.86. The molecule has 20 heavy (non-hydrogen) atoms. The molecule has 1 aliphatic carbocycles. The summed E-state index contributed by atoms with van der Waals surface area (Å²) in [5, 5.41) is 2.85. The Morgan fingerprint density at radius 3 is 2.50 bits per heavy atom. The van der Waals surface area contributed by atoms with Gasteiger partial charge in [0.25, 0.3) is 0 Å². The van der Waals surface area contributed by atoms with E-state index in [1.54, 1.807) is 5.56 Å². The fraction of sp³-hybridized carbons (Fsp3) is 0.500. The van der Waals surface area contributed by atoms with Gasteiger partial charge >= 0.3 is 0 Å². The fourth-order valence-electron chi connectivity index (χ4n) is 4.05. The van der Waals surface area contributed by atoms with Gasteiger partial charge < -0.3 is 0 Å². The van der Waals surface area contributed by atoms with Crippen LogP contribution in [0, 0.1) is 11.8 Å². The maximum absolute atomic E-state index is 2.38. The van der Waals surface area contributed by atoms with Crippen LogP contribution in [0.2, 0.25) is 0 Å². The Bertz CT molecular complexity index is 549. The van der Waals surface area contributed by atoms with Crippen molar-refractivity contribution in [3.8, 4) is 0 Å². The van der Waals surface area contributed by atoms with Crippen molar-refractivity contribution in [1.82, 2.24) is 0 Å². The minimum atomic E-state index is 0.965. The minimum Gasteiger partial charge on any atom is -0.0651 e. The predicted octanol–water partition coefficient (Wildman–Crippen LogP) is 5.99. The highest BCUT2D eigenvalue weighted by Gasteiger charge is 2.23. The Morgan fingerprint density at radius 1 is 0.900 bits per heavy atom. The molecule has 0 bridgehead atoms. The normalized spacial score (nSPS) is 23.1. The van der Waals surface area contributed by atoms with Gasteiger partial charge in [-0.3, -0.25) is 0 Å². The molecule has 2 atom stereocenters. The van der Waals surface area contributed by atoms with Gasteiger partial charge in [-0.05, 0) is 41.0 Å². The molecular weight excluding hydrogens is 240 g/mol. The van der Waals surface area contributed by atoms with E-state index in [-0.39, 0.29) is 0 Å². The molecule has 1 aliphatic rings. The zero-order valence-corrected chi connectivity index (χ0v) is 12.6. The van der Waals surface area contributed by atoms with E-state index >= 15 is 0 Å². The van der Waals surface area contributed by atoms with Crippen molar-refractivity contribution in [2.45, 2.75) is 51.9 Å². The number of fused-ring (bicyclic) bond motifs is 1. The average Bonchev–Trinajstić information content (AvgIpc) is 2.53. The van der Waals surface area contributed by atoms with Crippen molar-refractivity contribution in [3.05, 3.63) is 48.0 Å². The summed E-state index contributed by atoms with van der Waals surface area (Å²) < 4.78 is 0. The Balaban J connectivity index is 1.73.